The molecule has 45 heavy (non-hydrogen) atoms. The van der Waals surface area contributed by atoms with Crippen LogP contribution in [0, 0.1) is 0 Å². The molecule has 4 aromatic rings. The Labute approximate surface area is 250 Å². The molecule has 5 N–H and O–H groups in total. The number of alkyl halides is 6. The van der Waals surface area contributed by atoms with Gasteiger partial charge in [0, 0.05) is 56.2 Å². The normalized spacial score (nSPS) is 11.2. The number of para-hydroxylation sites is 1. The highest BCUT2D eigenvalue weighted by molar-refractivity contribution is 6.44. The fourth-order valence-corrected chi connectivity index (χ4v) is 3.78. The minimum absolute atomic E-state index is 0.0741. The zero-order chi connectivity index (χ0) is 33.7. The second kappa shape index (κ2) is 13.4. The minimum Gasteiger partial charge on any atom is -0.475 e. The van der Waals surface area contributed by atoms with Crippen LogP contribution in [0.15, 0.2) is 60.9 Å². The highest BCUT2D eigenvalue weighted by Gasteiger charge is 2.38. The van der Waals surface area contributed by atoms with Crippen LogP contribution in [-0.2, 0) is 15.8 Å². The largest absolute Gasteiger partial charge is 0.490 e. The second-order valence-corrected chi connectivity index (χ2v) is 9.28. The maximum absolute atomic E-state index is 13.8. The van der Waals surface area contributed by atoms with E-state index in [2.05, 4.69) is 25.9 Å². The minimum atomic E-state index is -5.08. The molecular weight excluding hydrogens is 614 g/mol. The van der Waals surface area contributed by atoms with Gasteiger partial charge in [-0.2, -0.15) is 26.3 Å². The molecule has 2 aromatic carbocycles. The molecule has 4 rings (SSSR count). The number of aliphatic carboxylic acids is 1. The summed E-state index contributed by atoms with van der Waals surface area (Å²) in [5.41, 5.74) is 0.184. The van der Waals surface area contributed by atoms with E-state index in [9.17, 15) is 40.7 Å². The van der Waals surface area contributed by atoms with Crippen molar-refractivity contribution >= 4 is 57.3 Å². The van der Waals surface area contributed by atoms with Gasteiger partial charge >= 0.3 is 18.3 Å². The number of aromatic nitrogens is 2. The summed E-state index contributed by atoms with van der Waals surface area (Å²) in [4.78, 5) is 53.9. The lowest BCUT2D eigenvalue weighted by atomic mass is 10.1. The zero-order valence-electron chi connectivity index (χ0n) is 23.5. The molecule has 0 radical (unpaired) electrons. The van der Waals surface area contributed by atoms with Gasteiger partial charge in [0.25, 0.3) is 17.6 Å². The first-order chi connectivity index (χ1) is 20.9. The molecule has 0 aliphatic heterocycles. The van der Waals surface area contributed by atoms with Gasteiger partial charge < -0.3 is 30.9 Å². The van der Waals surface area contributed by atoms with Crippen molar-refractivity contribution in [2.45, 2.75) is 12.4 Å². The number of carboxylic acid groups (broad SMARTS) is 1. The summed E-state index contributed by atoms with van der Waals surface area (Å²) in [6.07, 6.45) is -7.68. The first-order valence-electron chi connectivity index (χ1n) is 12.5. The summed E-state index contributed by atoms with van der Waals surface area (Å²) < 4.78 is 73.0. The number of H-pyrrole nitrogens is 1. The number of pyridine rings is 1. The Morgan fingerprint density at radius 1 is 0.889 bits per heavy atom. The van der Waals surface area contributed by atoms with E-state index in [1.165, 1.54) is 50.4 Å². The third kappa shape index (κ3) is 8.27. The van der Waals surface area contributed by atoms with Crippen molar-refractivity contribution in [1.82, 2.24) is 20.2 Å². The maximum atomic E-state index is 13.8. The molecule has 0 atom stereocenters. The molecule has 238 valence electrons. The van der Waals surface area contributed by atoms with Crippen LogP contribution in [-0.4, -0.2) is 70.9 Å². The topological polar surface area (TPSA) is 157 Å². The molecule has 0 spiro atoms. The smallest absolute Gasteiger partial charge is 0.475 e. The number of carbonyl (C=O) groups excluding carboxylic acids is 3. The number of amides is 2. The van der Waals surface area contributed by atoms with Crippen LogP contribution in [0.3, 0.4) is 0 Å². The van der Waals surface area contributed by atoms with Gasteiger partial charge in [-0.05, 0) is 30.3 Å². The molecule has 0 fully saturated rings. The second-order valence-electron chi connectivity index (χ2n) is 9.28. The summed E-state index contributed by atoms with van der Waals surface area (Å²) in [5, 5.41) is 15.7. The Kier molecular flexibility index (Phi) is 10.1. The summed E-state index contributed by atoms with van der Waals surface area (Å²) >= 11 is 0. The molecule has 2 aromatic heterocycles. The Hall–Kier alpha value is -5.61. The van der Waals surface area contributed by atoms with Crippen LogP contribution in [0.5, 0.6) is 0 Å². The van der Waals surface area contributed by atoms with E-state index in [0.717, 1.165) is 0 Å². The Morgan fingerprint density at radius 3 is 2.11 bits per heavy atom. The Balaban J connectivity index is 0.000000707. The van der Waals surface area contributed by atoms with E-state index < -0.39 is 41.5 Å². The molecule has 2 heterocycles. The average molecular weight is 639 g/mol. The number of benzene rings is 2. The number of Topliss-reactive ketones (excluding diaryl/α,β-unsaturated/α-hetero) is 1. The number of nitrogens with zero attached hydrogens (tertiary/aromatic N) is 2. The average Bonchev–Trinajstić information content (AvgIpc) is 3.39. The number of fused-ring (bicyclic) bond motifs is 1. The summed E-state index contributed by atoms with van der Waals surface area (Å²) in [6, 6.07) is 12.2. The highest BCUT2D eigenvalue weighted by atomic mass is 19.4. The third-order valence-electron chi connectivity index (χ3n) is 5.92. The van der Waals surface area contributed by atoms with E-state index in [1.54, 1.807) is 30.3 Å². The zero-order valence-corrected chi connectivity index (χ0v) is 23.5. The van der Waals surface area contributed by atoms with Gasteiger partial charge in [-0.15, -0.1) is 0 Å². The molecule has 0 saturated heterocycles. The van der Waals surface area contributed by atoms with Crippen LogP contribution in [0.25, 0.3) is 10.9 Å². The van der Waals surface area contributed by atoms with Gasteiger partial charge in [0.1, 0.15) is 5.82 Å². The summed E-state index contributed by atoms with van der Waals surface area (Å²) in [6.45, 7) is 0. The van der Waals surface area contributed by atoms with Crippen LogP contribution in [0.1, 0.15) is 26.3 Å². The number of nitrogens with one attached hydrogen (secondary N) is 4. The van der Waals surface area contributed by atoms with Crippen molar-refractivity contribution in [3.05, 3.63) is 77.6 Å². The Bertz CT molecular complexity index is 1750. The van der Waals surface area contributed by atoms with E-state index in [1.807, 2.05) is 0 Å². The molecule has 17 heteroatoms. The van der Waals surface area contributed by atoms with Crippen molar-refractivity contribution in [3.63, 3.8) is 0 Å². The van der Waals surface area contributed by atoms with E-state index >= 15 is 0 Å². The lowest BCUT2D eigenvalue weighted by Gasteiger charge is -2.17. The lowest BCUT2D eigenvalue weighted by Crippen LogP contribution is -2.29. The number of ketones is 1. The van der Waals surface area contributed by atoms with E-state index in [0.29, 0.717) is 22.8 Å². The predicted octanol–water partition coefficient (Wildman–Crippen LogP) is 5.33. The Morgan fingerprint density at radius 2 is 1.53 bits per heavy atom. The molecule has 0 bridgehead atoms. The fraction of sp³-hybridized carbons (Fsp3) is 0.179. The van der Waals surface area contributed by atoms with Gasteiger partial charge in [-0.25, -0.2) is 9.78 Å². The van der Waals surface area contributed by atoms with Crippen LogP contribution < -0.4 is 16.0 Å². The number of hydrogen-bond donors (Lipinski definition) is 5. The lowest BCUT2D eigenvalue weighted by molar-refractivity contribution is -0.192. The first-order valence-corrected chi connectivity index (χ1v) is 12.5. The predicted molar refractivity (Wildman–Crippen MR) is 151 cm³/mol. The van der Waals surface area contributed by atoms with Crippen LogP contribution in [0.2, 0.25) is 0 Å². The standard InChI is InChI=1S/C26H23F3N6O3.C2HF3O2/c1-30-24(37)15-6-4-5-7-20(15)34-21-11-22(32-13-18(21)26(27,28)29)33-14-8-9-19-16(10-14)17(12-31-19)23(36)25(38)35(2)3;3-2(4,5)1(6)7/h4-13,31H,1-3H3,(H,30,37)(H2,32,33,34);(H,6,7). The molecule has 0 aliphatic rings. The molecule has 11 nitrogen and oxygen atoms in total. The number of aromatic amines is 1. The highest BCUT2D eigenvalue weighted by Crippen LogP contribution is 2.38. The van der Waals surface area contributed by atoms with Gasteiger partial charge in [0.05, 0.1) is 28.1 Å². The number of halogens is 6. The van der Waals surface area contributed by atoms with Gasteiger partial charge in [0.15, 0.2) is 0 Å². The quantitative estimate of drug-likeness (QED) is 0.103. The third-order valence-corrected chi connectivity index (χ3v) is 5.92. The van der Waals surface area contributed by atoms with Crippen molar-refractivity contribution < 1.29 is 50.6 Å². The fourth-order valence-electron chi connectivity index (χ4n) is 3.78. The van der Waals surface area contributed by atoms with Crippen LogP contribution in [0.4, 0.5) is 49.2 Å². The van der Waals surface area contributed by atoms with Crippen molar-refractivity contribution in [3.8, 4) is 0 Å². The number of hydrogen-bond acceptors (Lipinski definition) is 7. The molecular formula is C28H24F6N6O5. The molecule has 2 amide bonds. The molecule has 0 unspecified atom stereocenters. The monoisotopic (exact) mass is 638 g/mol. The van der Waals surface area contributed by atoms with Gasteiger partial charge in [-0.1, -0.05) is 12.1 Å². The van der Waals surface area contributed by atoms with Gasteiger partial charge in [-0.3, -0.25) is 14.4 Å². The summed E-state index contributed by atoms with van der Waals surface area (Å²) in [5.74, 6) is -4.54. The summed E-state index contributed by atoms with van der Waals surface area (Å²) in [7, 11) is 4.36. The number of likely N-dealkylation sites (N-methyl/N-ethyl adjacent to an activating group) is 1. The first kappa shape index (κ1) is 33.9. The number of anilines is 4. The number of rotatable bonds is 7. The number of carbonyl (C=O) groups is 4. The SMILES string of the molecule is CNC(=O)c1ccccc1Nc1cc(Nc2ccc3[nH]cc(C(=O)C(=O)N(C)C)c3c2)ncc1C(F)(F)F.O=C(O)C(F)(F)F. The van der Waals surface area contributed by atoms with Gasteiger partial charge in [0.2, 0.25) is 0 Å². The molecule has 0 aliphatic carbocycles. The molecule has 0 saturated carbocycles. The van der Waals surface area contributed by atoms with E-state index in [-0.39, 0.29) is 28.3 Å². The maximum Gasteiger partial charge on any atom is 0.490 e. The van der Waals surface area contributed by atoms with E-state index in [4.69, 9.17) is 9.90 Å². The van der Waals surface area contributed by atoms with Crippen LogP contribution >= 0.6 is 0 Å². The van der Waals surface area contributed by atoms with Crippen molar-refractivity contribution in [2.24, 2.45) is 0 Å². The van der Waals surface area contributed by atoms with Crippen molar-refractivity contribution in [1.29, 1.82) is 0 Å². The number of carboxylic acids is 1. The van der Waals surface area contributed by atoms with Crippen molar-refractivity contribution in [2.75, 3.05) is 31.8 Å².